The Hall–Kier alpha value is -3.30. The maximum absolute atomic E-state index is 12.8. The van der Waals surface area contributed by atoms with Crippen molar-refractivity contribution >= 4 is 35.5 Å². The predicted molar refractivity (Wildman–Crippen MR) is 143 cm³/mol. The molecule has 4 rings (SSSR count). The molecule has 0 aromatic heterocycles. The van der Waals surface area contributed by atoms with Crippen LogP contribution >= 0.6 is 23.5 Å². The van der Waals surface area contributed by atoms with Crippen LogP contribution in [-0.4, -0.2) is 48.0 Å². The zero-order valence-electron chi connectivity index (χ0n) is 19.6. The third-order valence-corrected chi connectivity index (χ3v) is 7.87. The van der Waals surface area contributed by atoms with Gasteiger partial charge in [-0.25, -0.2) is 4.79 Å². The van der Waals surface area contributed by atoms with Gasteiger partial charge in [-0.3, -0.25) is 4.79 Å². The molecule has 0 saturated carbocycles. The van der Waals surface area contributed by atoms with E-state index in [9.17, 15) is 14.7 Å². The molecule has 3 N–H and O–H groups in total. The monoisotopic (exact) mass is 524 g/mol. The number of hydrogen-bond acceptors (Lipinski definition) is 6. The lowest BCUT2D eigenvalue weighted by Crippen LogP contribution is -2.46. The molecule has 0 bridgehead atoms. The lowest BCUT2D eigenvalue weighted by atomic mass is 9.99. The maximum atomic E-state index is 12.8. The molecule has 1 aliphatic heterocycles. The first-order chi connectivity index (χ1) is 17.6. The van der Waals surface area contributed by atoms with Gasteiger partial charge in [0.05, 0.1) is 5.92 Å². The van der Waals surface area contributed by atoms with E-state index in [1.165, 1.54) is 5.56 Å². The van der Waals surface area contributed by atoms with Crippen LogP contribution in [0.1, 0.15) is 17.0 Å². The number of rotatable bonds is 12. The highest BCUT2D eigenvalue weighted by molar-refractivity contribution is 8.00. The van der Waals surface area contributed by atoms with Crippen molar-refractivity contribution in [1.29, 1.82) is 0 Å². The Morgan fingerprint density at radius 3 is 2.39 bits per heavy atom. The average molecular weight is 525 g/mol. The fourth-order valence-electron chi connectivity index (χ4n) is 3.65. The van der Waals surface area contributed by atoms with Crippen molar-refractivity contribution in [3.63, 3.8) is 0 Å². The Morgan fingerprint density at radius 2 is 1.64 bits per heavy atom. The fourth-order valence-corrected chi connectivity index (χ4v) is 5.77. The van der Waals surface area contributed by atoms with Crippen molar-refractivity contribution in [1.82, 2.24) is 10.6 Å². The number of ether oxygens (including phenoxy) is 2. The van der Waals surface area contributed by atoms with E-state index >= 15 is 0 Å². The van der Waals surface area contributed by atoms with Gasteiger partial charge < -0.3 is 25.2 Å². The zero-order valence-corrected chi connectivity index (χ0v) is 21.2. The van der Waals surface area contributed by atoms with Gasteiger partial charge in [-0.05, 0) is 35.4 Å². The van der Waals surface area contributed by atoms with Crippen molar-refractivity contribution in [3.05, 3.63) is 90.0 Å². The number of amides is 2. The van der Waals surface area contributed by atoms with E-state index < -0.39 is 11.9 Å². The van der Waals surface area contributed by atoms with Crippen LogP contribution in [0.5, 0.6) is 11.5 Å². The van der Waals surface area contributed by atoms with Crippen molar-refractivity contribution in [2.24, 2.45) is 0 Å². The van der Waals surface area contributed by atoms with E-state index in [4.69, 9.17) is 9.47 Å². The molecule has 2 atom stereocenters. The summed E-state index contributed by atoms with van der Waals surface area (Å²) < 4.78 is 10.7. The topological polar surface area (TPSA) is 96.9 Å². The largest absolute Gasteiger partial charge is 0.481 e. The van der Waals surface area contributed by atoms with E-state index in [-0.39, 0.29) is 25.4 Å². The molecular formula is C27H28N2O5S2. The number of urea groups is 1. The minimum Gasteiger partial charge on any atom is -0.481 e. The highest BCUT2D eigenvalue weighted by Crippen LogP contribution is 2.34. The van der Waals surface area contributed by atoms with Crippen LogP contribution in [0.2, 0.25) is 0 Å². The van der Waals surface area contributed by atoms with Crippen LogP contribution < -0.4 is 20.1 Å². The SMILES string of the molecule is O=C(NC[C@@H](C(=O)O)c1ccc2c(c1)OCO2)N[C@@H](CSCc1ccccc1)CSc1ccccc1. The zero-order chi connectivity index (χ0) is 25.2. The molecule has 3 aromatic carbocycles. The summed E-state index contributed by atoms with van der Waals surface area (Å²) in [5.74, 6) is 1.44. The lowest BCUT2D eigenvalue weighted by Gasteiger charge is -2.20. The van der Waals surface area contributed by atoms with Crippen LogP contribution in [0.25, 0.3) is 0 Å². The Morgan fingerprint density at radius 1 is 0.917 bits per heavy atom. The lowest BCUT2D eigenvalue weighted by molar-refractivity contribution is -0.138. The van der Waals surface area contributed by atoms with Gasteiger partial charge in [-0.2, -0.15) is 11.8 Å². The van der Waals surface area contributed by atoms with E-state index in [0.717, 1.165) is 16.4 Å². The number of carbonyl (C=O) groups excluding carboxylic acids is 1. The van der Waals surface area contributed by atoms with Crippen LogP contribution in [0, 0.1) is 0 Å². The number of benzene rings is 3. The summed E-state index contributed by atoms with van der Waals surface area (Å²) in [6, 6.07) is 24.8. The molecule has 0 unspecified atom stereocenters. The van der Waals surface area contributed by atoms with Crippen molar-refractivity contribution in [3.8, 4) is 11.5 Å². The summed E-state index contributed by atoms with van der Waals surface area (Å²) in [5.41, 5.74) is 1.77. The molecule has 7 nitrogen and oxygen atoms in total. The number of fused-ring (bicyclic) bond motifs is 1. The predicted octanol–water partition coefficient (Wildman–Crippen LogP) is 4.98. The molecule has 3 aromatic rings. The quantitative estimate of drug-likeness (QED) is 0.288. The summed E-state index contributed by atoms with van der Waals surface area (Å²) in [6.45, 7) is 0.0678. The van der Waals surface area contributed by atoms with E-state index in [0.29, 0.717) is 22.8 Å². The summed E-state index contributed by atoms with van der Waals surface area (Å²) >= 11 is 3.43. The van der Waals surface area contributed by atoms with Gasteiger partial charge in [0, 0.05) is 34.7 Å². The first-order valence-corrected chi connectivity index (χ1v) is 13.7. The van der Waals surface area contributed by atoms with Crippen molar-refractivity contribution in [2.75, 3.05) is 24.8 Å². The number of carboxylic acids is 1. The number of nitrogens with one attached hydrogen (secondary N) is 2. The van der Waals surface area contributed by atoms with Crippen LogP contribution in [0.3, 0.4) is 0 Å². The molecule has 188 valence electrons. The second-order valence-electron chi connectivity index (χ2n) is 8.18. The third-order valence-electron chi connectivity index (χ3n) is 5.52. The van der Waals surface area contributed by atoms with Gasteiger partial charge in [0.2, 0.25) is 6.79 Å². The second kappa shape index (κ2) is 13.1. The third kappa shape index (κ3) is 7.60. The Balaban J connectivity index is 1.33. The highest BCUT2D eigenvalue weighted by atomic mass is 32.2. The first kappa shape index (κ1) is 25.8. The molecule has 0 aliphatic carbocycles. The highest BCUT2D eigenvalue weighted by Gasteiger charge is 2.24. The smallest absolute Gasteiger partial charge is 0.315 e. The fraction of sp³-hybridized carbons (Fsp3) is 0.259. The van der Waals surface area contributed by atoms with Gasteiger partial charge in [-0.1, -0.05) is 54.6 Å². The molecule has 1 heterocycles. The van der Waals surface area contributed by atoms with Crippen molar-refractivity contribution in [2.45, 2.75) is 22.6 Å². The molecule has 2 amide bonds. The normalized spacial score (nSPS) is 13.6. The van der Waals surface area contributed by atoms with Gasteiger partial charge in [-0.15, -0.1) is 11.8 Å². The van der Waals surface area contributed by atoms with Crippen LogP contribution in [0.4, 0.5) is 4.79 Å². The maximum Gasteiger partial charge on any atom is 0.315 e. The minimum absolute atomic E-state index is 0.0451. The molecular weight excluding hydrogens is 496 g/mol. The van der Waals surface area contributed by atoms with E-state index in [1.54, 1.807) is 41.7 Å². The average Bonchev–Trinajstić information content (AvgIpc) is 3.36. The Bertz CT molecular complexity index is 1150. The molecule has 0 fully saturated rings. The van der Waals surface area contributed by atoms with Gasteiger partial charge >= 0.3 is 12.0 Å². The van der Waals surface area contributed by atoms with Crippen molar-refractivity contribution < 1.29 is 24.2 Å². The van der Waals surface area contributed by atoms with Gasteiger partial charge in [0.25, 0.3) is 0 Å². The molecule has 0 spiro atoms. The van der Waals surface area contributed by atoms with Gasteiger partial charge in [0.1, 0.15) is 0 Å². The summed E-state index contributed by atoms with van der Waals surface area (Å²) in [6.07, 6.45) is 0. The summed E-state index contributed by atoms with van der Waals surface area (Å²) in [4.78, 5) is 25.8. The van der Waals surface area contributed by atoms with Crippen LogP contribution in [0.15, 0.2) is 83.8 Å². The number of aliphatic carboxylic acids is 1. The second-order valence-corrected chi connectivity index (χ2v) is 10.3. The number of carboxylic acid groups (broad SMARTS) is 1. The van der Waals surface area contributed by atoms with Crippen LogP contribution in [-0.2, 0) is 10.5 Å². The van der Waals surface area contributed by atoms with E-state index in [2.05, 4.69) is 22.8 Å². The molecule has 1 aliphatic rings. The Labute approximate surface area is 219 Å². The number of hydrogen-bond donors (Lipinski definition) is 3. The first-order valence-electron chi connectivity index (χ1n) is 11.5. The number of thioether (sulfide) groups is 2. The summed E-state index contributed by atoms with van der Waals surface area (Å²) in [7, 11) is 0. The number of carbonyl (C=O) groups is 2. The minimum atomic E-state index is -1.02. The van der Waals surface area contributed by atoms with E-state index in [1.807, 2.05) is 48.5 Å². The molecule has 0 radical (unpaired) electrons. The standard InChI is InChI=1S/C27H28N2O5S2/c30-26(31)23(20-11-12-24-25(13-20)34-18-33-24)14-28-27(32)29-21(17-36-22-9-5-2-6-10-22)16-35-15-19-7-3-1-4-8-19/h1-13,21,23H,14-18H2,(H,30,31)(H2,28,29,32)/t21-,23+/m0/s1. The van der Waals surface area contributed by atoms with Gasteiger partial charge in [0.15, 0.2) is 11.5 Å². The Kier molecular flexibility index (Phi) is 9.40. The molecule has 0 saturated heterocycles. The summed E-state index contributed by atoms with van der Waals surface area (Å²) in [5, 5.41) is 15.5. The molecule has 9 heteroatoms. The molecule has 36 heavy (non-hydrogen) atoms.